The number of benzene rings is 2. The van der Waals surface area contributed by atoms with E-state index < -0.39 is 6.10 Å². The van der Waals surface area contributed by atoms with E-state index >= 15 is 0 Å². The van der Waals surface area contributed by atoms with Crippen molar-refractivity contribution < 1.29 is 9.53 Å². The Morgan fingerprint density at radius 3 is 2.46 bits per heavy atom. The molecule has 1 amide bonds. The fourth-order valence-electron chi connectivity index (χ4n) is 2.88. The number of ether oxygens (including phenoxy) is 1. The van der Waals surface area contributed by atoms with Gasteiger partial charge in [-0.2, -0.15) is 0 Å². The molecule has 2 rings (SSSR count). The average molecular weight is 374 g/mol. The van der Waals surface area contributed by atoms with Crippen LogP contribution < -0.4 is 10.1 Å². The molecule has 2 aromatic rings. The Hall–Kier alpha value is -2.00. The van der Waals surface area contributed by atoms with Gasteiger partial charge in [0.15, 0.2) is 6.10 Å². The molecule has 0 aliphatic rings. The smallest absolute Gasteiger partial charge is 0.261 e. The fraction of sp³-hybridized carbons (Fsp3) is 0.409. The van der Waals surface area contributed by atoms with E-state index in [-0.39, 0.29) is 5.91 Å². The molecule has 0 saturated carbocycles. The SMILES string of the molecule is CCc1ccc(CC)c(CNC(=O)[C@@H](CC)Oc2ccc(Cl)c(C)c2)c1. The molecule has 0 aliphatic carbocycles. The Labute approximate surface area is 161 Å². The maximum Gasteiger partial charge on any atom is 0.261 e. The van der Waals surface area contributed by atoms with Crippen LogP contribution in [0.5, 0.6) is 5.75 Å². The van der Waals surface area contributed by atoms with E-state index in [1.54, 1.807) is 12.1 Å². The summed E-state index contributed by atoms with van der Waals surface area (Å²) < 4.78 is 5.88. The van der Waals surface area contributed by atoms with Crippen molar-refractivity contribution in [3.05, 3.63) is 63.7 Å². The first-order valence-corrected chi connectivity index (χ1v) is 9.67. The van der Waals surface area contributed by atoms with Crippen molar-refractivity contribution in [1.29, 1.82) is 0 Å². The molecule has 2 aromatic carbocycles. The van der Waals surface area contributed by atoms with Crippen LogP contribution >= 0.6 is 11.6 Å². The van der Waals surface area contributed by atoms with E-state index in [1.165, 1.54) is 16.7 Å². The minimum absolute atomic E-state index is 0.0935. The van der Waals surface area contributed by atoms with Gasteiger partial charge < -0.3 is 10.1 Å². The molecule has 0 fully saturated rings. The lowest BCUT2D eigenvalue weighted by molar-refractivity contribution is -0.128. The second-order valence-electron chi connectivity index (χ2n) is 6.45. The first-order valence-electron chi connectivity index (χ1n) is 9.29. The number of amides is 1. The van der Waals surface area contributed by atoms with Gasteiger partial charge in [0.1, 0.15) is 5.75 Å². The largest absolute Gasteiger partial charge is 0.481 e. The van der Waals surface area contributed by atoms with Crippen molar-refractivity contribution in [2.24, 2.45) is 0 Å². The summed E-state index contributed by atoms with van der Waals surface area (Å²) in [6, 6.07) is 11.9. The van der Waals surface area contributed by atoms with Crippen molar-refractivity contribution in [2.45, 2.75) is 59.6 Å². The van der Waals surface area contributed by atoms with E-state index in [0.29, 0.717) is 23.7 Å². The van der Waals surface area contributed by atoms with Gasteiger partial charge in [-0.1, -0.05) is 50.6 Å². The summed E-state index contributed by atoms with van der Waals surface area (Å²) >= 11 is 6.05. The third-order valence-corrected chi connectivity index (χ3v) is 5.01. The van der Waals surface area contributed by atoms with E-state index in [1.807, 2.05) is 19.9 Å². The molecule has 0 aromatic heterocycles. The normalized spacial score (nSPS) is 11.9. The molecule has 3 nitrogen and oxygen atoms in total. The fourth-order valence-corrected chi connectivity index (χ4v) is 3.00. The molecule has 0 aliphatic heterocycles. The maximum absolute atomic E-state index is 12.6. The Balaban J connectivity index is 2.04. The summed E-state index contributed by atoms with van der Waals surface area (Å²) in [5.74, 6) is 0.570. The number of carbonyl (C=O) groups excluding carboxylic acids is 1. The Kier molecular flexibility index (Phi) is 7.52. The zero-order chi connectivity index (χ0) is 19.1. The van der Waals surface area contributed by atoms with Crippen molar-refractivity contribution in [3.8, 4) is 5.75 Å². The van der Waals surface area contributed by atoms with Gasteiger partial charge in [-0.3, -0.25) is 4.79 Å². The molecule has 140 valence electrons. The highest BCUT2D eigenvalue weighted by atomic mass is 35.5. The van der Waals surface area contributed by atoms with Crippen molar-refractivity contribution in [3.63, 3.8) is 0 Å². The van der Waals surface area contributed by atoms with Crippen molar-refractivity contribution in [2.75, 3.05) is 0 Å². The summed E-state index contributed by atoms with van der Waals surface area (Å²) in [6.07, 6.45) is 2.02. The zero-order valence-electron chi connectivity index (χ0n) is 16.1. The lowest BCUT2D eigenvalue weighted by Gasteiger charge is -2.18. The second-order valence-corrected chi connectivity index (χ2v) is 6.86. The molecule has 1 atom stereocenters. The highest BCUT2D eigenvalue weighted by Crippen LogP contribution is 2.22. The molecule has 0 saturated heterocycles. The summed E-state index contributed by atoms with van der Waals surface area (Å²) in [6.45, 7) is 8.66. The quantitative estimate of drug-likeness (QED) is 0.686. The molecular weight excluding hydrogens is 346 g/mol. The van der Waals surface area contributed by atoms with Crippen LogP contribution in [-0.4, -0.2) is 12.0 Å². The number of hydrogen-bond acceptors (Lipinski definition) is 2. The number of carbonyl (C=O) groups is 1. The van der Waals surface area contributed by atoms with E-state index in [9.17, 15) is 4.79 Å². The van der Waals surface area contributed by atoms with Crippen LogP contribution in [-0.2, 0) is 24.2 Å². The van der Waals surface area contributed by atoms with Crippen LogP contribution in [0.3, 0.4) is 0 Å². The summed E-state index contributed by atoms with van der Waals surface area (Å²) in [7, 11) is 0. The molecule has 0 bridgehead atoms. The molecule has 0 unspecified atom stereocenters. The van der Waals surface area contributed by atoms with Gasteiger partial charge >= 0.3 is 0 Å². The highest BCUT2D eigenvalue weighted by Gasteiger charge is 2.18. The summed E-state index contributed by atoms with van der Waals surface area (Å²) in [5, 5.41) is 3.72. The van der Waals surface area contributed by atoms with Gasteiger partial charge in [0.2, 0.25) is 0 Å². The lowest BCUT2D eigenvalue weighted by atomic mass is 10.0. The monoisotopic (exact) mass is 373 g/mol. The first kappa shape index (κ1) is 20.3. The van der Waals surface area contributed by atoms with Gasteiger partial charge in [0, 0.05) is 11.6 Å². The van der Waals surface area contributed by atoms with Crippen LogP contribution in [0.2, 0.25) is 5.02 Å². The molecule has 0 radical (unpaired) electrons. The van der Waals surface area contributed by atoms with Gasteiger partial charge in [-0.25, -0.2) is 0 Å². The molecule has 0 heterocycles. The third-order valence-electron chi connectivity index (χ3n) is 4.58. The van der Waals surface area contributed by atoms with E-state index in [4.69, 9.17) is 16.3 Å². The molecule has 0 spiro atoms. The maximum atomic E-state index is 12.6. The Morgan fingerprint density at radius 2 is 1.85 bits per heavy atom. The molecule has 26 heavy (non-hydrogen) atoms. The average Bonchev–Trinajstić information content (AvgIpc) is 2.66. The minimum atomic E-state index is -0.519. The topological polar surface area (TPSA) is 38.3 Å². The number of rotatable bonds is 8. The number of aryl methyl sites for hydroxylation is 3. The van der Waals surface area contributed by atoms with E-state index in [0.717, 1.165) is 18.4 Å². The number of halogens is 1. The highest BCUT2D eigenvalue weighted by molar-refractivity contribution is 6.31. The van der Waals surface area contributed by atoms with Crippen LogP contribution in [0.15, 0.2) is 36.4 Å². The molecular formula is C22H28ClNO2. The van der Waals surface area contributed by atoms with Crippen LogP contribution in [0.1, 0.15) is 49.4 Å². The van der Waals surface area contributed by atoms with Gasteiger partial charge in [-0.05, 0) is 66.6 Å². The molecule has 1 N–H and O–H groups in total. The number of nitrogens with one attached hydrogen (secondary N) is 1. The predicted molar refractivity (Wildman–Crippen MR) is 108 cm³/mol. The zero-order valence-corrected chi connectivity index (χ0v) is 16.8. The predicted octanol–water partition coefficient (Wildman–Crippen LogP) is 5.25. The van der Waals surface area contributed by atoms with Crippen LogP contribution in [0.25, 0.3) is 0 Å². The van der Waals surface area contributed by atoms with Gasteiger partial charge in [0.05, 0.1) is 0 Å². The Bertz CT molecular complexity index is 758. The van der Waals surface area contributed by atoms with Gasteiger partial charge in [0.25, 0.3) is 5.91 Å². The summed E-state index contributed by atoms with van der Waals surface area (Å²) in [5.41, 5.74) is 4.66. The second kappa shape index (κ2) is 9.63. The van der Waals surface area contributed by atoms with Crippen LogP contribution in [0, 0.1) is 6.92 Å². The van der Waals surface area contributed by atoms with Crippen LogP contribution in [0.4, 0.5) is 0 Å². The third kappa shape index (κ3) is 5.25. The lowest BCUT2D eigenvalue weighted by Crippen LogP contribution is -2.37. The van der Waals surface area contributed by atoms with Crippen molar-refractivity contribution in [1.82, 2.24) is 5.32 Å². The van der Waals surface area contributed by atoms with E-state index in [2.05, 4.69) is 37.4 Å². The number of hydrogen-bond donors (Lipinski definition) is 1. The first-order chi connectivity index (χ1) is 12.5. The minimum Gasteiger partial charge on any atom is -0.481 e. The summed E-state index contributed by atoms with van der Waals surface area (Å²) in [4.78, 5) is 12.6. The van der Waals surface area contributed by atoms with Crippen molar-refractivity contribution >= 4 is 17.5 Å². The van der Waals surface area contributed by atoms with Gasteiger partial charge in [-0.15, -0.1) is 0 Å². The standard InChI is InChI=1S/C22H28ClNO2/c1-5-16-8-9-17(6-2)18(13-16)14-24-22(25)21(7-3)26-19-10-11-20(23)15(4)12-19/h8-13,21H,5-7,14H2,1-4H3,(H,24,25)/t21-/m1/s1. The molecule has 4 heteroatoms. The Morgan fingerprint density at radius 1 is 1.08 bits per heavy atom.